The number of hydrogen-bond donors (Lipinski definition) is 1. The lowest BCUT2D eigenvalue weighted by Crippen LogP contribution is -2.51. The molecule has 0 bridgehead atoms. The van der Waals surface area contributed by atoms with E-state index in [0.29, 0.717) is 12.2 Å². The number of hydrogen-bond acceptors (Lipinski definition) is 4. The number of nitrogens with two attached hydrogens (primary N) is 1. The van der Waals surface area contributed by atoms with Crippen LogP contribution in [-0.2, 0) is 17.1 Å². The van der Waals surface area contributed by atoms with Crippen molar-refractivity contribution in [3.8, 4) is 0 Å². The number of likely N-dealkylation sites (N-methyl/N-ethyl adjacent to an activating group) is 1. The third-order valence-electron chi connectivity index (χ3n) is 3.67. The fourth-order valence-electron chi connectivity index (χ4n) is 1.58. The van der Waals surface area contributed by atoms with Crippen LogP contribution in [0.15, 0.2) is 11.2 Å². The topological polar surface area (TPSA) is 81.2 Å². The second kappa shape index (κ2) is 4.99. The molecule has 0 amide bonds. The van der Waals surface area contributed by atoms with Gasteiger partial charge in [-0.15, -0.1) is 0 Å². The van der Waals surface area contributed by atoms with Gasteiger partial charge in [0.05, 0.1) is 0 Å². The summed E-state index contributed by atoms with van der Waals surface area (Å²) in [6.07, 6.45) is 2.17. The van der Waals surface area contributed by atoms with Crippen molar-refractivity contribution in [1.29, 1.82) is 0 Å². The highest BCUT2D eigenvalue weighted by Crippen LogP contribution is 2.24. The summed E-state index contributed by atoms with van der Waals surface area (Å²) in [5.41, 5.74) is 5.10. The highest BCUT2D eigenvalue weighted by atomic mass is 32.2. The minimum Gasteiger partial charge on any atom is -0.337 e. The van der Waals surface area contributed by atoms with Crippen LogP contribution >= 0.6 is 0 Å². The average molecular weight is 274 g/mol. The molecule has 1 aromatic rings. The van der Waals surface area contributed by atoms with Crippen molar-refractivity contribution in [2.24, 2.45) is 12.8 Å². The Morgan fingerprint density at radius 3 is 2.44 bits per heavy atom. The summed E-state index contributed by atoms with van der Waals surface area (Å²) in [5, 5.41) is 0.0677. The minimum atomic E-state index is -3.60. The number of nitrogens with zero attached hydrogens (tertiary/aromatic N) is 3. The van der Waals surface area contributed by atoms with E-state index in [9.17, 15) is 8.42 Å². The van der Waals surface area contributed by atoms with E-state index in [1.54, 1.807) is 25.6 Å². The lowest BCUT2D eigenvalue weighted by atomic mass is 10.00. The zero-order chi connectivity index (χ0) is 14.1. The molecule has 104 valence electrons. The molecule has 0 aliphatic heterocycles. The summed E-state index contributed by atoms with van der Waals surface area (Å²) >= 11 is 0. The number of aryl methyl sites for hydroxylation is 2. The van der Waals surface area contributed by atoms with Crippen LogP contribution in [0.5, 0.6) is 0 Å². The highest BCUT2D eigenvalue weighted by molar-refractivity contribution is 7.89. The number of rotatable bonds is 5. The van der Waals surface area contributed by atoms with E-state index >= 15 is 0 Å². The Balaban J connectivity index is 3.22. The number of sulfonamides is 1. The molecule has 0 spiro atoms. The van der Waals surface area contributed by atoms with E-state index in [1.165, 1.54) is 10.5 Å². The first-order valence-electron chi connectivity index (χ1n) is 5.88. The van der Waals surface area contributed by atoms with Crippen LogP contribution in [0, 0.1) is 6.92 Å². The van der Waals surface area contributed by atoms with Crippen LogP contribution in [0.1, 0.15) is 26.1 Å². The molecular formula is C11H22N4O2S. The molecule has 1 heterocycles. The molecule has 0 radical (unpaired) electrons. The predicted molar refractivity (Wildman–Crippen MR) is 70.6 cm³/mol. The molecular weight excluding hydrogens is 252 g/mol. The van der Waals surface area contributed by atoms with Crippen LogP contribution in [-0.4, -0.2) is 41.4 Å². The third-order valence-corrected chi connectivity index (χ3v) is 5.56. The molecule has 1 aromatic heterocycles. The maximum Gasteiger partial charge on any atom is 0.262 e. The van der Waals surface area contributed by atoms with Gasteiger partial charge in [0.15, 0.2) is 5.03 Å². The molecule has 0 saturated heterocycles. The first kappa shape index (κ1) is 15.1. The molecule has 0 aromatic carbocycles. The van der Waals surface area contributed by atoms with Gasteiger partial charge in [-0.2, -0.15) is 4.31 Å². The monoisotopic (exact) mass is 274 g/mol. The van der Waals surface area contributed by atoms with Crippen LogP contribution in [0.25, 0.3) is 0 Å². The van der Waals surface area contributed by atoms with Gasteiger partial charge >= 0.3 is 0 Å². The fraction of sp³-hybridized carbons (Fsp3) is 0.727. The van der Waals surface area contributed by atoms with Crippen LogP contribution < -0.4 is 5.73 Å². The van der Waals surface area contributed by atoms with Crippen molar-refractivity contribution in [3.05, 3.63) is 12.0 Å². The van der Waals surface area contributed by atoms with Gasteiger partial charge in [0, 0.05) is 32.4 Å². The van der Waals surface area contributed by atoms with Crippen molar-refractivity contribution in [2.45, 2.75) is 37.8 Å². The number of aromatic nitrogens is 2. The Kier molecular flexibility index (Phi) is 4.19. The molecule has 1 atom stereocenters. The SMILES string of the molecule is CCC(C)(CN)N(C)S(=O)(=O)c1cn(C)c(C)n1. The summed E-state index contributed by atoms with van der Waals surface area (Å²) in [5.74, 6) is 0.660. The first-order chi connectivity index (χ1) is 8.19. The van der Waals surface area contributed by atoms with E-state index in [0.717, 1.165) is 0 Å². The molecule has 0 aliphatic carbocycles. The Morgan fingerprint density at radius 1 is 1.56 bits per heavy atom. The minimum absolute atomic E-state index is 0.0677. The van der Waals surface area contributed by atoms with E-state index in [1.807, 2.05) is 13.8 Å². The van der Waals surface area contributed by atoms with Crippen molar-refractivity contribution in [3.63, 3.8) is 0 Å². The Bertz CT molecular complexity index is 498. The smallest absolute Gasteiger partial charge is 0.262 e. The Morgan fingerprint density at radius 2 is 2.11 bits per heavy atom. The van der Waals surface area contributed by atoms with Gasteiger partial charge in [-0.3, -0.25) is 0 Å². The van der Waals surface area contributed by atoms with Crippen LogP contribution in [0.3, 0.4) is 0 Å². The maximum absolute atomic E-state index is 12.5. The fourth-order valence-corrected chi connectivity index (χ4v) is 3.18. The van der Waals surface area contributed by atoms with E-state index < -0.39 is 15.6 Å². The van der Waals surface area contributed by atoms with E-state index in [-0.39, 0.29) is 11.6 Å². The molecule has 7 heteroatoms. The molecule has 2 N–H and O–H groups in total. The normalized spacial score (nSPS) is 15.9. The second-order valence-electron chi connectivity index (χ2n) is 4.76. The van der Waals surface area contributed by atoms with Gasteiger partial charge in [0.2, 0.25) is 0 Å². The van der Waals surface area contributed by atoms with Crippen molar-refractivity contribution in [2.75, 3.05) is 13.6 Å². The lowest BCUT2D eigenvalue weighted by Gasteiger charge is -2.35. The van der Waals surface area contributed by atoms with E-state index in [2.05, 4.69) is 4.98 Å². The van der Waals surface area contributed by atoms with Crippen molar-refractivity contribution >= 4 is 10.0 Å². The summed E-state index contributed by atoms with van der Waals surface area (Å²) in [7, 11) is -0.283. The van der Waals surface area contributed by atoms with Gasteiger partial charge in [-0.05, 0) is 20.3 Å². The largest absolute Gasteiger partial charge is 0.337 e. The molecule has 6 nitrogen and oxygen atoms in total. The molecule has 18 heavy (non-hydrogen) atoms. The predicted octanol–water partition coefficient (Wildman–Crippen LogP) is 0.476. The van der Waals surface area contributed by atoms with Crippen LogP contribution in [0.4, 0.5) is 0 Å². The van der Waals surface area contributed by atoms with Gasteiger partial charge in [-0.25, -0.2) is 13.4 Å². The summed E-state index contributed by atoms with van der Waals surface area (Å²) in [6, 6.07) is 0. The van der Waals surface area contributed by atoms with Gasteiger partial charge in [0.25, 0.3) is 10.0 Å². The van der Waals surface area contributed by atoms with Crippen molar-refractivity contribution < 1.29 is 8.42 Å². The summed E-state index contributed by atoms with van der Waals surface area (Å²) in [4.78, 5) is 4.08. The molecule has 1 unspecified atom stereocenters. The van der Waals surface area contributed by atoms with Crippen molar-refractivity contribution in [1.82, 2.24) is 13.9 Å². The first-order valence-corrected chi connectivity index (χ1v) is 7.32. The quantitative estimate of drug-likeness (QED) is 0.846. The maximum atomic E-state index is 12.5. The average Bonchev–Trinajstić information content (AvgIpc) is 2.68. The number of imidazole rings is 1. The zero-order valence-electron chi connectivity index (χ0n) is 11.6. The lowest BCUT2D eigenvalue weighted by molar-refractivity contribution is 0.239. The second-order valence-corrected chi connectivity index (χ2v) is 6.68. The van der Waals surface area contributed by atoms with E-state index in [4.69, 9.17) is 5.73 Å². The summed E-state index contributed by atoms with van der Waals surface area (Å²) in [6.45, 7) is 5.79. The Hall–Kier alpha value is -0.920. The molecule has 1 rings (SSSR count). The standard InChI is InChI=1S/C11H22N4O2S/c1-6-11(3,8-12)15(5)18(16,17)10-7-14(4)9(2)13-10/h7H,6,8,12H2,1-5H3. The van der Waals surface area contributed by atoms with Crippen LogP contribution in [0.2, 0.25) is 0 Å². The van der Waals surface area contributed by atoms with Gasteiger partial charge in [-0.1, -0.05) is 6.92 Å². The third kappa shape index (κ3) is 2.43. The van der Waals surface area contributed by atoms with Gasteiger partial charge < -0.3 is 10.3 Å². The Labute approximate surface area is 109 Å². The molecule has 0 fully saturated rings. The van der Waals surface area contributed by atoms with Gasteiger partial charge in [0.1, 0.15) is 5.82 Å². The molecule has 0 saturated carbocycles. The molecule has 0 aliphatic rings. The zero-order valence-corrected chi connectivity index (χ0v) is 12.5. The highest BCUT2D eigenvalue weighted by Gasteiger charge is 2.36. The summed E-state index contributed by atoms with van der Waals surface area (Å²) < 4.78 is 27.9.